The minimum Gasteiger partial charge on any atom is -0.508 e. The van der Waals surface area contributed by atoms with Gasteiger partial charge in [-0.3, -0.25) is 4.79 Å². The van der Waals surface area contributed by atoms with Crippen LogP contribution in [-0.2, 0) is 16.1 Å². The molecule has 3 rings (SSSR count). The molecule has 0 saturated carbocycles. The van der Waals surface area contributed by atoms with E-state index >= 15 is 0 Å². The van der Waals surface area contributed by atoms with Gasteiger partial charge in [0.15, 0.2) is 6.10 Å². The first-order valence-electron chi connectivity index (χ1n) is 8.43. The van der Waals surface area contributed by atoms with Crippen LogP contribution in [0.5, 0.6) is 5.75 Å². The summed E-state index contributed by atoms with van der Waals surface area (Å²) in [5, 5.41) is 14.0. The van der Waals surface area contributed by atoms with E-state index in [1.54, 1.807) is 66.8 Å². The molecule has 0 spiro atoms. The van der Waals surface area contributed by atoms with E-state index < -0.39 is 12.1 Å². The third kappa shape index (κ3) is 4.95. The summed E-state index contributed by atoms with van der Waals surface area (Å²) in [5.74, 6) is -0.686. The number of esters is 1. The summed E-state index contributed by atoms with van der Waals surface area (Å²) >= 11 is 1.55. The van der Waals surface area contributed by atoms with Crippen molar-refractivity contribution in [1.82, 2.24) is 5.32 Å². The molecule has 0 aliphatic rings. The zero-order chi connectivity index (χ0) is 19.2. The van der Waals surface area contributed by atoms with Crippen molar-refractivity contribution in [1.29, 1.82) is 0 Å². The minimum absolute atomic E-state index is 0.199. The van der Waals surface area contributed by atoms with Gasteiger partial charge in [0.05, 0.1) is 12.1 Å². The van der Waals surface area contributed by atoms with E-state index in [0.29, 0.717) is 12.1 Å². The number of amides is 1. The lowest BCUT2D eigenvalue weighted by Crippen LogP contribution is -2.35. The number of ether oxygens (including phenoxy) is 1. The Bertz CT molecular complexity index is 902. The number of carbonyl (C=O) groups is 2. The van der Waals surface area contributed by atoms with Crippen molar-refractivity contribution in [2.24, 2.45) is 0 Å². The SMILES string of the molecule is C[C@@H](OC(=O)c1ccc(-c2ccc(O)cc2)cc1)C(=O)NCc1cccs1. The molecule has 5 nitrogen and oxygen atoms in total. The minimum atomic E-state index is -0.880. The van der Waals surface area contributed by atoms with E-state index in [1.165, 1.54) is 0 Å². The molecular formula is C21H19NO4S. The van der Waals surface area contributed by atoms with Gasteiger partial charge in [-0.15, -0.1) is 11.3 Å². The Kier molecular flexibility index (Phi) is 5.88. The maximum Gasteiger partial charge on any atom is 0.338 e. The smallest absolute Gasteiger partial charge is 0.338 e. The number of aromatic hydroxyl groups is 1. The van der Waals surface area contributed by atoms with Crippen molar-refractivity contribution < 1.29 is 19.4 Å². The molecule has 0 fully saturated rings. The predicted octanol–water partition coefficient (Wildman–Crippen LogP) is 3.98. The number of hydrogen-bond donors (Lipinski definition) is 2. The number of benzene rings is 2. The maximum atomic E-state index is 12.3. The van der Waals surface area contributed by atoms with Crippen molar-refractivity contribution in [3.8, 4) is 16.9 Å². The standard InChI is InChI=1S/C21H19NO4S/c1-14(20(24)22-13-19-3-2-12-27-19)26-21(25)17-6-4-15(5-7-17)16-8-10-18(23)11-9-16/h2-12,14,23H,13H2,1H3,(H,22,24)/t14-/m1/s1. The first-order chi connectivity index (χ1) is 13.0. The van der Waals surface area contributed by atoms with Gasteiger partial charge in [0.25, 0.3) is 5.91 Å². The summed E-state index contributed by atoms with van der Waals surface area (Å²) in [4.78, 5) is 25.4. The van der Waals surface area contributed by atoms with Crippen LogP contribution in [0, 0.1) is 0 Å². The Morgan fingerprint density at radius 2 is 1.67 bits per heavy atom. The molecule has 138 valence electrons. The van der Waals surface area contributed by atoms with Crippen LogP contribution >= 0.6 is 11.3 Å². The monoisotopic (exact) mass is 381 g/mol. The van der Waals surface area contributed by atoms with Crippen LogP contribution in [0.3, 0.4) is 0 Å². The molecule has 1 aromatic heterocycles. The molecule has 27 heavy (non-hydrogen) atoms. The van der Waals surface area contributed by atoms with Crippen LogP contribution in [0.1, 0.15) is 22.2 Å². The highest BCUT2D eigenvalue weighted by molar-refractivity contribution is 7.09. The highest BCUT2D eigenvalue weighted by Gasteiger charge is 2.18. The number of nitrogens with one attached hydrogen (secondary N) is 1. The molecule has 6 heteroatoms. The fourth-order valence-electron chi connectivity index (χ4n) is 2.47. The number of thiophene rings is 1. The van der Waals surface area contributed by atoms with Gasteiger partial charge in [-0.05, 0) is 53.8 Å². The Labute approximate surface area is 161 Å². The molecule has 1 amide bonds. The summed E-state index contributed by atoms with van der Waals surface area (Å²) in [6.45, 7) is 1.96. The van der Waals surface area contributed by atoms with E-state index in [4.69, 9.17) is 4.74 Å². The molecule has 0 aliphatic carbocycles. The first kappa shape index (κ1) is 18.7. The second kappa shape index (κ2) is 8.51. The van der Waals surface area contributed by atoms with Crippen LogP contribution in [0.4, 0.5) is 0 Å². The maximum absolute atomic E-state index is 12.3. The van der Waals surface area contributed by atoms with Crippen LogP contribution in [0.15, 0.2) is 66.0 Å². The van der Waals surface area contributed by atoms with Gasteiger partial charge in [0.1, 0.15) is 5.75 Å². The van der Waals surface area contributed by atoms with Gasteiger partial charge in [-0.2, -0.15) is 0 Å². The topological polar surface area (TPSA) is 75.6 Å². The Morgan fingerprint density at radius 3 is 2.26 bits per heavy atom. The largest absolute Gasteiger partial charge is 0.508 e. The molecule has 0 radical (unpaired) electrons. The van der Waals surface area contributed by atoms with Gasteiger partial charge < -0.3 is 15.2 Å². The molecule has 0 aliphatic heterocycles. The Morgan fingerprint density at radius 1 is 1.04 bits per heavy atom. The second-order valence-corrected chi connectivity index (χ2v) is 7.00. The lowest BCUT2D eigenvalue weighted by atomic mass is 10.0. The third-order valence-electron chi connectivity index (χ3n) is 3.99. The number of phenolic OH excluding ortho intramolecular Hbond substituents is 1. The quantitative estimate of drug-likeness (QED) is 0.633. The predicted molar refractivity (Wildman–Crippen MR) is 105 cm³/mol. The van der Waals surface area contributed by atoms with Crippen LogP contribution in [0.2, 0.25) is 0 Å². The zero-order valence-corrected chi connectivity index (χ0v) is 15.5. The van der Waals surface area contributed by atoms with Crippen molar-refractivity contribution in [2.45, 2.75) is 19.6 Å². The normalized spacial score (nSPS) is 11.6. The van der Waals surface area contributed by atoms with Gasteiger partial charge in [0.2, 0.25) is 0 Å². The summed E-state index contributed by atoms with van der Waals surface area (Å²) < 4.78 is 5.25. The van der Waals surface area contributed by atoms with E-state index in [9.17, 15) is 14.7 Å². The van der Waals surface area contributed by atoms with Crippen molar-refractivity contribution in [3.05, 3.63) is 76.5 Å². The fourth-order valence-corrected chi connectivity index (χ4v) is 3.11. The van der Waals surface area contributed by atoms with E-state index in [-0.39, 0.29) is 11.7 Å². The zero-order valence-electron chi connectivity index (χ0n) is 14.7. The number of rotatable bonds is 6. The third-order valence-corrected chi connectivity index (χ3v) is 4.87. The summed E-state index contributed by atoms with van der Waals surface area (Å²) in [7, 11) is 0. The van der Waals surface area contributed by atoms with E-state index in [2.05, 4.69) is 5.32 Å². The van der Waals surface area contributed by atoms with E-state index in [0.717, 1.165) is 16.0 Å². The van der Waals surface area contributed by atoms with Gasteiger partial charge >= 0.3 is 5.97 Å². The Hall–Kier alpha value is -3.12. The molecule has 0 saturated heterocycles. The van der Waals surface area contributed by atoms with Crippen molar-refractivity contribution in [2.75, 3.05) is 0 Å². The highest BCUT2D eigenvalue weighted by Crippen LogP contribution is 2.22. The van der Waals surface area contributed by atoms with E-state index in [1.807, 2.05) is 17.5 Å². The fraction of sp³-hybridized carbons (Fsp3) is 0.143. The van der Waals surface area contributed by atoms with Gasteiger partial charge in [-0.1, -0.05) is 30.3 Å². The lowest BCUT2D eigenvalue weighted by Gasteiger charge is -2.13. The van der Waals surface area contributed by atoms with Crippen LogP contribution in [0.25, 0.3) is 11.1 Å². The number of hydrogen-bond acceptors (Lipinski definition) is 5. The molecule has 0 unspecified atom stereocenters. The number of phenols is 1. The highest BCUT2D eigenvalue weighted by atomic mass is 32.1. The van der Waals surface area contributed by atoms with Crippen LogP contribution < -0.4 is 5.32 Å². The summed E-state index contributed by atoms with van der Waals surface area (Å²) in [6.07, 6.45) is -0.880. The first-order valence-corrected chi connectivity index (χ1v) is 9.31. The molecule has 0 bridgehead atoms. The molecule has 3 aromatic rings. The van der Waals surface area contributed by atoms with Crippen LogP contribution in [-0.4, -0.2) is 23.1 Å². The summed E-state index contributed by atoms with van der Waals surface area (Å²) in [6, 6.07) is 17.5. The average molecular weight is 381 g/mol. The molecule has 2 aromatic carbocycles. The lowest BCUT2D eigenvalue weighted by molar-refractivity contribution is -0.129. The number of carbonyl (C=O) groups excluding carboxylic acids is 2. The molecule has 1 heterocycles. The molecule has 1 atom stereocenters. The van der Waals surface area contributed by atoms with Gasteiger partial charge in [-0.25, -0.2) is 4.79 Å². The van der Waals surface area contributed by atoms with Gasteiger partial charge in [0, 0.05) is 4.88 Å². The second-order valence-electron chi connectivity index (χ2n) is 5.97. The molecule has 2 N–H and O–H groups in total. The van der Waals surface area contributed by atoms with Crippen molar-refractivity contribution >= 4 is 23.2 Å². The average Bonchev–Trinajstić information content (AvgIpc) is 3.20. The summed E-state index contributed by atoms with van der Waals surface area (Å²) in [5.41, 5.74) is 2.21. The Balaban J connectivity index is 1.56. The van der Waals surface area contributed by atoms with Crippen molar-refractivity contribution in [3.63, 3.8) is 0 Å². The molecular weight excluding hydrogens is 362 g/mol.